The summed E-state index contributed by atoms with van der Waals surface area (Å²) in [5.74, 6) is -1.88. The second-order valence-electron chi connectivity index (χ2n) is 4.26. The lowest BCUT2D eigenvalue weighted by molar-refractivity contribution is 0.0876. The Bertz CT molecular complexity index is 571. The maximum atomic E-state index is 12.1. The lowest BCUT2D eigenvalue weighted by Gasteiger charge is -2.17. The van der Waals surface area contributed by atoms with Crippen molar-refractivity contribution < 1.29 is 24.5 Å². The van der Waals surface area contributed by atoms with Crippen LogP contribution in [0.5, 0.6) is 11.5 Å². The van der Waals surface area contributed by atoms with Crippen LogP contribution in [0.15, 0.2) is 24.0 Å². The number of hydrogen-bond acceptors (Lipinski definition) is 5. The standard InChI is InChI=1S/C14H14O5/c1-2-3-6-19-11-7-10(17)12-8(15)4-5-9(16)13(12)14(11)18/h4-5,7,15-16H,2-3,6H2,1H3. The maximum absolute atomic E-state index is 12.1. The SMILES string of the molecule is CCCCOC1=CC(=O)c2c(O)ccc(O)c2C1=O. The smallest absolute Gasteiger partial charge is 0.232 e. The number of phenolic OH excluding ortho intramolecular Hbond substituents is 2. The van der Waals surface area contributed by atoms with Gasteiger partial charge >= 0.3 is 0 Å². The van der Waals surface area contributed by atoms with Crippen molar-refractivity contribution in [1.82, 2.24) is 0 Å². The molecule has 0 fully saturated rings. The first-order valence-corrected chi connectivity index (χ1v) is 6.04. The third kappa shape index (κ3) is 2.31. The van der Waals surface area contributed by atoms with E-state index in [1.807, 2.05) is 6.92 Å². The minimum atomic E-state index is -0.584. The Labute approximate surface area is 110 Å². The van der Waals surface area contributed by atoms with Gasteiger partial charge in [-0.05, 0) is 18.6 Å². The van der Waals surface area contributed by atoms with Gasteiger partial charge in [-0.15, -0.1) is 0 Å². The number of ketones is 2. The van der Waals surface area contributed by atoms with E-state index in [9.17, 15) is 19.8 Å². The molecule has 0 saturated carbocycles. The summed E-state index contributed by atoms with van der Waals surface area (Å²) in [5, 5.41) is 19.3. The maximum Gasteiger partial charge on any atom is 0.232 e. The Hall–Kier alpha value is -2.30. The van der Waals surface area contributed by atoms with Gasteiger partial charge in [0.2, 0.25) is 5.78 Å². The van der Waals surface area contributed by atoms with Crippen molar-refractivity contribution in [3.8, 4) is 11.5 Å². The van der Waals surface area contributed by atoms with E-state index in [0.29, 0.717) is 6.61 Å². The summed E-state index contributed by atoms with van der Waals surface area (Å²) in [4.78, 5) is 24.0. The van der Waals surface area contributed by atoms with Gasteiger partial charge in [0.25, 0.3) is 0 Å². The number of benzene rings is 1. The zero-order valence-electron chi connectivity index (χ0n) is 10.5. The first-order valence-electron chi connectivity index (χ1n) is 6.04. The summed E-state index contributed by atoms with van der Waals surface area (Å²) < 4.78 is 5.26. The van der Waals surface area contributed by atoms with Crippen LogP contribution in [0.3, 0.4) is 0 Å². The summed E-state index contributed by atoms with van der Waals surface area (Å²) in [5.41, 5.74) is -0.369. The number of carbonyl (C=O) groups excluding carboxylic acids is 2. The van der Waals surface area contributed by atoms with Gasteiger partial charge in [0, 0.05) is 6.08 Å². The van der Waals surface area contributed by atoms with Gasteiger partial charge in [0.15, 0.2) is 11.5 Å². The fraction of sp³-hybridized carbons (Fsp3) is 0.286. The molecule has 0 amide bonds. The Morgan fingerprint density at radius 1 is 1.11 bits per heavy atom. The zero-order valence-corrected chi connectivity index (χ0v) is 10.5. The number of aromatic hydroxyl groups is 2. The molecule has 0 radical (unpaired) electrons. The van der Waals surface area contributed by atoms with Crippen LogP contribution in [0.4, 0.5) is 0 Å². The minimum Gasteiger partial charge on any atom is -0.507 e. The van der Waals surface area contributed by atoms with Crippen molar-refractivity contribution in [2.24, 2.45) is 0 Å². The number of fused-ring (bicyclic) bond motifs is 1. The lowest BCUT2D eigenvalue weighted by Crippen LogP contribution is -2.19. The molecule has 5 heteroatoms. The minimum absolute atomic E-state index is 0.0909. The number of Topliss-reactive ketones (excluding diaryl/α,β-unsaturated/α-hetero) is 1. The highest BCUT2D eigenvalue weighted by Crippen LogP contribution is 2.34. The zero-order chi connectivity index (χ0) is 14.0. The van der Waals surface area contributed by atoms with Crippen LogP contribution in [0.2, 0.25) is 0 Å². The number of hydrogen-bond donors (Lipinski definition) is 2. The molecular weight excluding hydrogens is 248 g/mol. The normalized spacial score (nSPS) is 14.1. The first kappa shape index (κ1) is 13.1. The van der Waals surface area contributed by atoms with E-state index in [1.54, 1.807) is 0 Å². The molecule has 0 heterocycles. The van der Waals surface area contributed by atoms with Crippen LogP contribution in [0.1, 0.15) is 40.5 Å². The lowest BCUT2D eigenvalue weighted by atomic mass is 9.92. The molecule has 2 N–H and O–H groups in total. The van der Waals surface area contributed by atoms with E-state index in [4.69, 9.17) is 4.74 Å². The van der Waals surface area contributed by atoms with Gasteiger partial charge in [-0.1, -0.05) is 13.3 Å². The van der Waals surface area contributed by atoms with Gasteiger partial charge in [0.1, 0.15) is 11.5 Å². The number of ether oxygens (including phenoxy) is 1. The summed E-state index contributed by atoms with van der Waals surface area (Å²) in [6.45, 7) is 2.31. The molecule has 0 atom stereocenters. The summed E-state index contributed by atoms with van der Waals surface area (Å²) >= 11 is 0. The van der Waals surface area contributed by atoms with Gasteiger partial charge < -0.3 is 14.9 Å². The summed E-state index contributed by atoms with van der Waals surface area (Å²) in [7, 11) is 0. The van der Waals surface area contributed by atoms with E-state index in [-0.39, 0.29) is 28.4 Å². The van der Waals surface area contributed by atoms with Crippen LogP contribution in [0, 0.1) is 0 Å². The van der Waals surface area contributed by atoms with E-state index in [1.165, 1.54) is 12.1 Å². The van der Waals surface area contributed by atoms with Gasteiger partial charge in [-0.2, -0.15) is 0 Å². The summed E-state index contributed by atoms with van der Waals surface area (Å²) in [6.07, 6.45) is 2.72. The number of allylic oxidation sites excluding steroid dienone is 2. The van der Waals surface area contributed by atoms with Crippen molar-refractivity contribution >= 4 is 11.6 Å². The number of carbonyl (C=O) groups is 2. The molecule has 1 aliphatic rings. The predicted molar refractivity (Wildman–Crippen MR) is 67.4 cm³/mol. The van der Waals surface area contributed by atoms with Crippen molar-refractivity contribution in [2.75, 3.05) is 6.61 Å². The van der Waals surface area contributed by atoms with Crippen LogP contribution < -0.4 is 0 Å². The van der Waals surface area contributed by atoms with Crippen LogP contribution in [-0.2, 0) is 4.74 Å². The van der Waals surface area contributed by atoms with Crippen molar-refractivity contribution in [3.05, 3.63) is 35.1 Å². The van der Waals surface area contributed by atoms with Crippen molar-refractivity contribution in [3.63, 3.8) is 0 Å². The van der Waals surface area contributed by atoms with Gasteiger partial charge in [0.05, 0.1) is 17.7 Å². The highest BCUT2D eigenvalue weighted by molar-refractivity contribution is 6.25. The molecular formula is C14H14O5. The third-order valence-corrected chi connectivity index (χ3v) is 2.88. The Morgan fingerprint density at radius 2 is 1.74 bits per heavy atom. The Kier molecular flexibility index (Phi) is 3.55. The molecule has 100 valence electrons. The van der Waals surface area contributed by atoms with Crippen LogP contribution in [-0.4, -0.2) is 28.4 Å². The number of unbranched alkanes of at least 4 members (excludes halogenated alkanes) is 1. The van der Waals surface area contributed by atoms with Gasteiger partial charge in [-0.25, -0.2) is 0 Å². The molecule has 0 aliphatic heterocycles. The first-order chi connectivity index (χ1) is 9.06. The Balaban J connectivity index is 2.39. The summed E-state index contributed by atoms with van der Waals surface area (Å²) in [6, 6.07) is 2.35. The van der Waals surface area contributed by atoms with E-state index >= 15 is 0 Å². The molecule has 0 aromatic heterocycles. The fourth-order valence-electron chi connectivity index (χ4n) is 1.87. The number of phenols is 2. The molecule has 1 aromatic rings. The highest BCUT2D eigenvalue weighted by Gasteiger charge is 2.32. The number of rotatable bonds is 4. The fourth-order valence-corrected chi connectivity index (χ4v) is 1.87. The van der Waals surface area contributed by atoms with E-state index < -0.39 is 11.6 Å². The van der Waals surface area contributed by atoms with Crippen LogP contribution >= 0.6 is 0 Å². The second kappa shape index (κ2) is 5.14. The molecule has 0 unspecified atom stereocenters. The largest absolute Gasteiger partial charge is 0.507 e. The molecule has 2 rings (SSSR count). The molecule has 0 bridgehead atoms. The third-order valence-electron chi connectivity index (χ3n) is 2.88. The quantitative estimate of drug-likeness (QED) is 0.641. The average Bonchev–Trinajstić information content (AvgIpc) is 2.38. The topological polar surface area (TPSA) is 83.8 Å². The molecule has 5 nitrogen and oxygen atoms in total. The molecule has 1 aromatic carbocycles. The predicted octanol–water partition coefficient (Wildman–Crippen LogP) is 2.18. The average molecular weight is 262 g/mol. The van der Waals surface area contributed by atoms with Crippen molar-refractivity contribution in [1.29, 1.82) is 0 Å². The van der Waals surface area contributed by atoms with E-state index in [0.717, 1.165) is 18.9 Å². The second-order valence-corrected chi connectivity index (χ2v) is 4.26. The van der Waals surface area contributed by atoms with E-state index in [2.05, 4.69) is 0 Å². The van der Waals surface area contributed by atoms with Crippen LogP contribution in [0.25, 0.3) is 0 Å². The van der Waals surface area contributed by atoms with Crippen molar-refractivity contribution in [2.45, 2.75) is 19.8 Å². The highest BCUT2D eigenvalue weighted by atomic mass is 16.5. The molecule has 0 spiro atoms. The molecule has 1 aliphatic carbocycles. The molecule has 19 heavy (non-hydrogen) atoms. The Morgan fingerprint density at radius 3 is 2.37 bits per heavy atom. The monoisotopic (exact) mass is 262 g/mol. The van der Waals surface area contributed by atoms with Gasteiger partial charge in [-0.3, -0.25) is 9.59 Å². The molecule has 0 saturated heterocycles.